The molecule has 1 nitrogen and oxygen atoms in total. The molecule has 0 saturated carbocycles. The molecule has 0 N–H and O–H groups in total. The summed E-state index contributed by atoms with van der Waals surface area (Å²) in [6.45, 7) is 2.56. The first-order valence-electron chi connectivity index (χ1n) is 5.41. The maximum Gasteiger partial charge on any atom is 0.0441 e. The Balaban J connectivity index is 2.22. The van der Waals surface area contributed by atoms with Crippen LogP contribution in [-0.4, -0.2) is 13.1 Å². The molecule has 0 fully saturated rings. The van der Waals surface area contributed by atoms with E-state index >= 15 is 0 Å². The highest BCUT2D eigenvalue weighted by atomic mass is 127. The van der Waals surface area contributed by atoms with Crippen LogP contribution in [0.2, 0.25) is 0 Å². The first-order valence-corrected chi connectivity index (χ1v) is 6.49. The third kappa shape index (κ3) is 1.27. The maximum absolute atomic E-state index is 2.60. The zero-order chi connectivity index (χ0) is 9.54. The molecule has 2 aliphatic rings. The third-order valence-corrected chi connectivity index (χ3v) is 4.36. The quantitative estimate of drug-likeness (QED) is 0.666. The predicted molar refractivity (Wildman–Crippen MR) is 68.0 cm³/mol. The van der Waals surface area contributed by atoms with Gasteiger partial charge in [-0.3, -0.25) is 0 Å². The van der Waals surface area contributed by atoms with Crippen molar-refractivity contribution in [2.75, 3.05) is 18.0 Å². The lowest BCUT2D eigenvalue weighted by atomic mass is 9.92. The minimum absolute atomic E-state index is 1.28. The Morgan fingerprint density at radius 2 is 1.86 bits per heavy atom. The van der Waals surface area contributed by atoms with E-state index in [4.69, 9.17) is 0 Å². The van der Waals surface area contributed by atoms with E-state index in [1.54, 1.807) is 16.8 Å². The Hall–Kier alpha value is -0.250. The summed E-state index contributed by atoms with van der Waals surface area (Å²) >= 11 is 2.48. The SMILES string of the molecule is Ic1ccc2c3c1CCCN3CCC2. The first-order chi connectivity index (χ1) is 6.86. The molecule has 3 rings (SSSR count). The van der Waals surface area contributed by atoms with Crippen LogP contribution in [0.15, 0.2) is 12.1 Å². The van der Waals surface area contributed by atoms with E-state index < -0.39 is 0 Å². The highest BCUT2D eigenvalue weighted by Crippen LogP contribution is 2.37. The topological polar surface area (TPSA) is 3.24 Å². The summed E-state index contributed by atoms with van der Waals surface area (Å²) in [6.07, 6.45) is 5.26. The van der Waals surface area contributed by atoms with Crippen LogP contribution in [0.1, 0.15) is 24.0 Å². The Bertz CT molecular complexity index is 371. The number of hydrogen-bond donors (Lipinski definition) is 0. The Labute approximate surface area is 98.6 Å². The molecule has 0 unspecified atom stereocenters. The van der Waals surface area contributed by atoms with Crippen molar-refractivity contribution in [1.29, 1.82) is 0 Å². The molecule has 0 spiro atoms. The smallest absolute Gasteiger partial charge is 0.0441 e. The van der Waals surface area contributed by atoms with Crippen LogP contribution >= 0.6 is 22.6 Å². The van der Waals surface area contributed by atoms with Crippen molar-refractivity contribution in [2.24, 2.45) is 0 Å². The minimum atomic E-state index is 1.28. The molecule has 2 aliphatic heterocycles. The molecule has 2 heterocycles. The van der Waals surface area contributed by atoms with Crippen LogP contribution in [0.4, 0.5) is 5.69 Å². The van der Waals surface area contributed by atoms with Gasteiger partial charge in [0.2, 0.25) is 0 Å². The largest absolute Gasteiger partial charge is 0.371 e. The lowest BCUT2D eigenvalue weighted by molar-refractivity contribution is 0.632. The minimum Gasteiger partial charge on any atom is -0.371 e. The van der Waals surface area contributed by atoms with Crippen molar-refractivity contribution in [3.05, 3.63) is 26.8 Å². The normalized spacial score (nSPS) is 19.4. The zero-order valence-corrected chi connectivity index (χ0v) is 10.4. The summed E-state index contributed by atoms with van der Waals surface area (Å²) < 4.78 is 1.47. The van der Waals surface area contributed by atoms with Crippen LogP contribution in [0.5, 0.6) is 0 Å². The van der Waals surface area contributed by atoms with Gasteiger partial charge in [-0.05, 0) is 65.5 Å². The van der Waals surface area contributed by atoms with Gasteiger partial charge < -0.3 is 4.90 Å². The molecule has 1 aromatic rings. The van der Waals surface area contributed by atoms with Crippen molar-refractivity contribution >= 4 is 28.3 Å². The summed E-state index contributed by atoms with van der Waals surface area (Å²) in [5.41, 5.74) is 4.80. The van der Waals surface area contributed by atoms with E-state index in [0.29, 0.717) is 0 Å². The summed E-state index contributed by atoms with van der Waals surface area (Å²) in [5.74, 6) is 0. The second-order valence-corrected chi connectivity index (χ2v) is 5.39. The van der Waals surface area contributed by atoms with E-state index in [0.717, 1.165) is 0 Å². The number of anilines is 1. The second kappa shape index (κ2) is 3.40. The summed E-state index contributed by atoms with van der Waals surface area (Å²) in [7, 11) is 0. The molecular formula is C12H14IN. The van der Waals surface area contributed by atoms with Crippen LogP contribution < -0.4 is 4.90 Å². The molecule has 0 atom stereocenters. The van der Waals surface area contributed by atoms with Gasteiger partial charge in [0.1, 0.15) is 0 Å². The van der Waals surface area contributed by atoms with E-state index in [1.807, 2.05) is 0 Å². The van der Waals surface area contributed by atoms with Gasteiger partial charge >= 0.3 is 0 Å². The van der Waals surface area contributed by atoms with Gasteiger partial charge in [-0.2, -0.15) is 0 Å². The molecular weight excluding hydrogens is 285 g/mol. The monoisotopic (exact) mass is 299 g/mol. The fourth-order valence-corrected chi connectivity index (χ4v) is 3.44. The van der Waals surface area contributed by atoms with E-state index in [-0.39, 0.29) is 0 Å². The summed E-state index contributed by atoms with van der Waals surface area (Å²) in [4.78, 5) is 2.60. The van der Waals surface area contributed by atoms with Crippen molar-refractivity contribution < 1.29 is 0 Å². The number of nitrogens with zero attached hydrogens (tertiary/aromatic N) is 1. The van der Waals surface area contributed by atoms with Gasteiger partial charge in [-0.15, -0.1) is 0 Å². The van der Waals surface area contributed by atoms with Gasteiger partial charge in [-0.1, -0.05) is 6.07 Å². The van der Waals surface area contributed by atoms with Gasteiger partial charge in [0.15, 0.2) is 0 Å². The molecule has 14 heavy (non-hydrogen) atoms. The van der Waals surface area contributed by atoms with Crippen molar-refractivity contribution in [1.82, 2.24) is 0 Å². The summed E-state index contributed by atoms with van der Waals surface area (Å²) in [6, 6.07) is 4.63. The van der Waals surface area contributed by atoms with Crippen LogP contribution in [0, 0.1) is 3.57 Å². The lowest BCUT2D eigenvalue weighted by Crippen LogP contribution is -2.34. The molecule has 0 aliphatic carbocycles. The van der Waals surface area contributed by atoms with Gasteiger partial charge in [0.25, 0.3) is 0 Å². The Morgan fingerprint density at radius 1 is 1.07 bits per heavy atom. The van der Waals surface area contributed by atoms with Crippen LogP contribution in [0.3, 0.4) is 0 Å². The van der Waals surface area contributed by atoms with Crippen LogP contribution in [-0.2, 0) is 12.8 Å². The maximum atomic E-state index is 2.60. The zero-order valence-electron chi connectivity index (χ0n) is 8.22. The Kier molecular flexibility index (Phi) is 2.19. The van der Waals surface area contributed by atoms with Crippen molar-refractivity contribution in [3.63, 3.8) is 0 Å². The van der Waals surface area contributed by atoms with Gasteiger partial charge in [0.05, 0.1) is 0 Å². The number of aryl methyl sites for hydroxylation is 1. The molecule has 74 valence electrons. The fourth-order valence-electron chi connectivity index (χ4n) is 2.74. The number of halogens is 1. The third-order valence-electron chi connectivity index (χ3n) is 3.35. The van der Waals surface area contributed by atoms with Gasteiger partial charge in [0, 0.05) is 22.3 Å². The number of rotatable bonds is 0. The van der Waals surface area contributed by atoms with Crippen LogP contribution in [0.25, 0.3) is 0 Å². The second-order valence-electron chi connectivity index (χ2n) is 4.23. The Morgan fingerprint density at radius 3 is 2.71 bits per heavy atom. The number of hydrogen-bond acceptors (Lipinski definition) is 1. The molecule has 0 aromatic heterocycles. The predicted octanol–water partition coefficient (Wildman–Crippen LogP) is 2.99. The highest BCUT2D eigenvalue weighted by molar-refractivity contribution is 14.1. The molecule has 1 aromatic carbocycles. The molecule has 0 bridgehead atoms. The van der Waals surface area contributed by atoms with E-state index in [2.05, 4.69) is 39.6 Å². The van der Waals surface area contributed by atoms with Crippen molar-refractivity contribution in [3.8, 4) is 0 Å². The van der Waals surface area contributed by atoms with Crippen molar-refractivity contribution in [2.45, 2.75) is 25.7 Å². The average molecular weight is 299 g/mol. The standard InChI is InChI=1S/C12H14IN/c13-11-6-5-9-3-1-7-14-8-2-4-10(11)12(9)14/h5-6H,1-4,7-8H2. The molecule has 0 saturated heterocycles. The highest BCUT2D eigenvalue weighted by Gasteiger charge is 2.24. The van der Waals surface area contributed by atoms with E-state index in [9.17, 15) is 0 Å². The molecule has 2 heteroatoms. The lowest BCUT2D eigenvalue weighted by Gasteiger charge is -2.37. The number of benzene rings is 1. The van der Waals surface area contributed by atoms with E-state index in [1.165, 1.54) is 42.3 Å². The summed E-state index contributed by atoms with van der Waals surface area (Å²) in [5, 5.41) is 0. The first kappa shape index (κ1) is 9.01. The molecule has 0 radical (unpaired) electrons. The molecule has 0 amide bonds. The van der Waals surface area contributed by atoms with Gasteiger partial charge in [-0.25, -0.2) is 0 Å². The fraction of sp³-hybridized carbons (Fsp3) is 0.500. The average Bonchev–Trinajstić information content (AvgIpc) is 2.24.